The molecule has 2 aromatic carbocycles. The van der Waals surface area contributed by atoms with Gasteiger partial charge in [-0.25, -0.2) is 0 Å². The Kier molecular flexibility index (Phi) is 5.23. The highest BCUT2D eigenvalue weighted by molar-refractivity contribution is 5.44. The third-order valence-corrected chi connectivity index (χ3v) is 5.83. The molecule has 0 radical (unpaired) electrons. The number of alkyl halides is 3. The Bertz CT molecular complexity index is 795. The first-order valence-electron chi connectivity index (χ1n) is 9.62. The van der Waals surface area contributed by atoms with Crippen LogP contribution in [0.5, 0.6) is 11.5 Å². The number of rotatable bonds is 5. The summed E-state index contributed by atoms with van der Waals surface area (Å²) in [6.45, 7) is 2.81. The lowest BCUT2D eigenvalue weighted by Crippen LogP contribution is -2.46. The molecule has 1 saturated carbocycles. The highest BCUT2D eigenvalue weighted by Crippen LogP contribution is 2.43. The van der Waals surface area contributed by atoms with Crippen molar-refractivity contribution in [3.8, 4) is 11.5 Å². The van der Waals surface area contributed by atoms with Gasteiger partial charge in [-0.1, -0.05) is 30.3 Å². The summed E-state index contributed by atoms with van der Waals surface area (Å²) in [6, 6.07) is 13.9. The molecule has 0 aromatic heterocycles. The van der Waals surface area contributed by atoms with Crippen LogP contribution in [0.4, 0.5) is 13.2 Å². The number of benzene rings is 2. The molecule has 2 aliphatic rings. The standard InChI is InChI=1S/C22H24F3NO2/c1-27-20-11-18(22(23,24)25)9-10-19(20)28-21-16-7-8-17(21)14-26(13-16)12-15-5-3-2-4-6-15/h2-6,9-11,16-17,21H,7-8,12-14H2,1H3/t16-,17+,21?. The minimum absolute atomic E-state index is 0.0256. The van der Waals surface area contributed by atoms with Gasteiger partial charge in [0.1, 0.15) is 6.10 Å². The van der Waals surface area contributed by atoms with Crippen LogP contribution in [0.3, 0.4) is 0 Å². The topological polar surface area (TPSA) is 21.7 Å². The minimum Gasteiger partial charge on any atom is -0.493 e. The molecule has 1 aliphatic carbocycles. The molecule has 2 aromatic rings. The van der Waals surface area contributed by atoms with Gasteiger partial charge >= 0.3 is 6.18 Å². The fourth-order valence-corrected chi connectivity index (χ4v) is 4.52. The second-order valence-corrected chi connectivity index (χ2v) is 7.72. The highest BCUT2D eigenvalue weighted by atomic mass is 19.4. The second-order valence-electron chi connectivity index (χ2n) is 7.72. The van der Waals surface area contributed by atoms with E-state index in [-0.39, 0.29) is 11.9 Å². The molecular formula is C22H24F3NO2. The van der Waals surface area contributed by atoms with Crippen molar-refractivity contribution in [3.05, 3.63) is 59.7 Å². The van der Waals surface area contributed by atoms with Crippen LogP contribution in [0.15, 0.2) is 48.5 Å². The summed E-state index contributed by atoms with van der Waals surface area (Å²) in [4.78, 5) is 2.46. The number of fused-ring (bicyclic) bond motifs is 2. The van der Waals surface area contributed by atoms with E-state index in [2.05, 4.69) is 29.2 Å². The van der Waals surface area contributed by atoms with Gasteiger partial charge in [-0.15, -0.1) is 0 Å². The predicted molar refractivity (Wildman–Crippen MR) is 100 cm³/mol. The zero-order valence-electron chi connectivity index (χ0n) is 15.8. The molecule has 0 spiro atoms. The van der Waals surface area contributed by atoms with Gasteiger partial charge in [-0.2, -0.15) is 13.2 Å². The van der Waals surface area contributed by atoms with Gasteiger partial charge in [-0.05, 0) is 36.6 Å². The normalized spacial score (nSPS) is 24.9. The zero-order valence-corrected chi connectivity index (χ0v) is 15.8. The fourth-order valence-electron chi connectivity index (χ4n) is 4.52. The van der Waals surface area contributed by atoms with E-state index in [9.17, 15) is 13.2 Å². The Labute approximate surface area is 163 Å². The molecule has 150 valence electrons. The Morgan fingerprint density at radius 3 is 2.25 bits per heavy atom. The lowest BCUT2D eigenvalue weighted by atomic mass is 9.94. The van der Waals surface area contributed by atoms with Gasteiger partial charge in [-0.3, -0.25) is 4.90 Å². The molecule has 2 fully saturated rings. The first kappa shape index (κ1) is 19.1. The Morgan fingerprint density at radius 2 is 1.64 bits per heavy atom. The quantitative estimate of drug-likeness (QED) is 0.716. The average Bonchev–Trinajstić information content (AvgIpc) is 2.90. The maximum Gasteiger partial charge on any atom is 0.416 e. The maximum absolute atomic E-state index is 12.9. The summed E-state index contributed by atoms with van der Waals surface area (Å²) in [6.07, 6.45) is -2.20. The van der Waals surface area contributed by atoms with Crippen molar-refractivity contribution in [1.82, 2.24) is 4.90 Å². The first-order chi connectivity index (χ1) is 13.4. The van der Waals surface area contributed by atoms with E-state index >= 15 is 0 Å². The highest BCUT2D eigenvalue weighted by Gasteiger charge is 2.44. The van der Waals surface area contributed by atoms with E-state index in [1.54, 1.807) is 0 Å². The molecule has 1 unspecified atom stereocenters. The van der Waals surface area contributed by atoms with Gasteiger partial charge in [0.2, 0.25) is 0 Å². The fraction of sp³-hybridized carbons (Fsp3) is 0.455. The number of ether oxygens (including phenoxy) is 2. The van der Waals surface area contributed by atoms with E-state index in [1.165, 1.54) is 18.7 Å². The van der Waals surface area contributed by atoms with Crippen LogP contribution >= 0.6 is 0 Å². The number of nitrogens with zero attached hydrogens (tertiary/aromatic N) is 1. The molecule has 1 heterocycles. The number of halogens is 3. The molecule has 1 aliphatic heterocycles. The van der Waals surface area contributed by atoms with Gasteiger partial charge in [0.25, 0.3) is 0 Å². The Morgan fingerprint density at radius 1 is 0.964 bits per heavy atom. The summed E-state index contributed by atoms with van der Waals surface area (Å²) in [5.41, 5.74) is 0.572. The van der Waals surface area contributed by atoms with Crippen LogP contribution in [0, 0.1) is 11.8 Å². The molecule has 28 heavy (non-hydrogen) atoms. The number of methoxy groups -OCH3 is 1. The third-order valence-electron chi connectivity index (χ3n) is 5.83. The molecule has 4 rings (SSSR count). The van der Waals surface area contributed by atoms with Crippen molar-refractivity contribution >= 4 is 0 Å². The van der Waals surface area contributed by atoms with Crippen molar-refractivity contribution in [2.45, 2.75) is 31.7 Å². The van der Waals surface area contributed by atoms with Crippen molar-refractivity contribution in [2.24, 2.45) is 11.8 Å². The summed E-state index contributed by atoms with van der Waals surface area (Å²) < 4.78 is 50.2. The van der Waals surface area contributed by atoms with Crippen LogP contribution in [0.1, 0.15) is 24.0 Å². The zero-order chi connectivity index (χ0) is 19.7. The molecule has 2 bridgehead atoms. The van der Waals surface area contributed by atoms with Gasteiger partial charge in [0, 0.05) is 31.5 Å². The largest absolute Gasteiger partial charge is 0.493 e. The van der Waals surface area contributed by atoms with E-state index < -0.39 is 11.7 Å². The Balaban J connectivity index is 1.45. The third kappa shape index (κ3) is 3.97. The molecule has 3 atom stereocenters. The van der Waals surface area contributed by atoms with Gasteiger partial charge in [0.15, 0.2) is 11.5 Å². The van der Waals surface area contributed by atoms with E-state index in [4.69, 9.17) is 9.47 Å². The predicted octanol–water partition coefficient (Wildman–Crippen LogP) is 5.00. The van der Waals surface area contributed by atoms with E-state index in [0.29, 0.717) is 17.6 Å². The number of hydrogen-bond donors (Lipinski definition) is 0. The van der Waals surface area contributed by atoms with Crippen LogP contribution < -0.4 is 9.47 Å². The summed E-state index contributed by atoms with van der Waals surface area (Å²) in [7, 11) is 1.37. The second kappa shape index (κ2) is 7.66. The van der Waals surface area contributed by atoms with E-state index in [0.717, 1.165) is 44.6 Å². The molecular weight excluding hydrogens is 367 g/mol. The van der Waals surface area contributed by atoms with Crippen molar-refractivity contribution in [3.63, 3.8) is 0 Å². The lowest BCUT2D eigenvalue weighted by Gasteiger charge is -2.38. The molecule has 1 saturated heterocycles. The summed E-state index contributed by atoms with van der Waals surface area (Å²) in [5, 5.41) is 0. The smallest absolute Gasteiger partial charge is 0.416 e. The SMILES string of the molecule is COc1cc(C(F)(F)F)ccc1OC1[C@@H]2CC[C@H]1CN(Cc1ccccc1)C2. The molecule has 6 heteroatoms. The van der Waals surface area contributed by atoms with Crippen LogP contribution in [-0.2, 0) is 12.7 Å². The lowest BCUT2D eigenvalue weighted by molar-refractivity contribution is -0.137. The molecule has 0 amide bonds. The molecule has 0 N–H and O–H groups in total. The number of likely N-dealkylation sites (tertiary alicyclic amines) is 1. The Hall–Kier alpha value is -2.21. The van der Waals surface area contributed by atoms with Gasteiger partial charge in [0.05, 0.1) is 12.7 Å². The van der Waals surface area contributed by atoms with Crippen LogP contribution in [0.25, 0.3) is 0 Å². The van der Waals surface area contributed by atoms with Crippen LogP contribution in [-0.4, -0.2) is 31.2 Å². The average molecular weight is 391 g/mol. The van der Waals surface area contributed by atoms with Crippen molar-refractivity contribution in [2.75, 3.05) is 20.2 Å². The monoisotopic (exact) mass is 391 g/mol. The van der Waals surface area contributed by atoms with Crippen molar-refractivity contribution in [1.29, 1.82) is 0 Å². The molecule has 3 nitrogen and oxygen atoms in total. The maximum atomic E-state index is 12.9. The minimum atomic E-state index is -4.40. The number of piperidine rings is 1. The summed E-state index contributed by atoms with van der Waals surface area (Å²) in [5.74, 6) is 1.30. The van der Waals surface area contributed by atoms with E-state index in [1.807, 2.05) is 6.07 Å². The van der Waals surface area contributed by atoms with Gasteiger partial charge < -0.3 is 9.47 Å². The first-order valence-corrected chi connectivity index (χ1v) is 9.62. The van der Waals surface area contributed by atoms with Crippen molar-refractivity contribution < 1.29 is 22.6 Å². The van der Waals surface area contributed by atoms with Crippen LogP contribution in [0.2, 0.25) is 0 Å². The number of hydrogen-bond acceptors (Lipinski definition) is 3. The summed E-state index contributed by atoms with van der Waals surface area (Å²) >= 11 is 0.